The van der Waals surface area contributed by atoms with E-state index in [2.05, 4.69) is 31.2 Å². The van der Waals surface area contributed by atoms with Gasteiger partial charge in [0.05, 0.1) is 17.8 Å². The molecule has 7 heteroatoms. The van der Waals surface area contributed by atoms with E-state index in [9.17, 15) is 4.79 Å². The number of rotatable bonds is 4. The first-order valence-corrected chi connectivity index (χ1v) is 9.08. The van der Waals surface area contributed by atoms with Gasteiger partial charge in [-0.05, 0) is 19.1 Å². The van der Waals surface area contributed by atoms with Crippen LogP contribution in [0.1, 0.15) is 11.4 Å². The van der Waals surface area contributed by atoms with Crippen molar-refractivity contribution in [1.82, 2.24) is 9.97 Å². The molecule has 1 amide bonds. The smallest absolute Gasteiger partial charge is 0.232 e. The number of halogens is 1. The van der Waals surface area contributed by atoms with Gasteiger partial charge >= 0.3 is 0 Å². The van der Waals surface area contributed by atoms with E-state index in [1.54, 1.807) is 0 Å². The van der Waals surface area contributed by atoms with Crippen molar-refractivity contribution >= 4 is 49.6 Å². The molecule has 1 N–H and O–H groups in total. The number of hydrogen-bond donors (Lipinski definition) is 1. The fourth-order valence-corrected chi connectivity index (χ4v) is 3.80. The highest BCUT2D eigenvalue weighted by Gasteiger charge is 2.10. The van der Waals surface area contributed by atoms with Crippen LogP contribution in [-0.4, -0.2) is 15.9 Å². The van der Waals surface area contributed by atoms with Gasteiger partial charge in [0.15, 0.2) is 5.13 Å². The maximum absolute atomic E-state index is 12.0. The van der Waals surface area contributed by atoms with Crippen molar-refractivity contribution in [3.63, 3.8) is 0 Å². The van der Waals surface area contributed by atoms with Gasteiger partial charge < -0.3 is 5.32 Å². The third-order valence-corrected chi connectivity index (χ3v) is 5.14. The fourth-order valence-electron chi connectivity index (χ4n) is 1.88. The van der Waals surface area contributed by atoms with Gasteiger partial charge in [0, 0.05) is 20.8 Å². The Hall–Kier alpha value is -1.57. The van der Waals surface area contributed by atoms with E-state index >= 15 is 0 Å². The molecule has 3 aromatic rings. The third kappa shape index (κ3) is 3.79. The van der Waals surface area contributed by atoms with Crippen molar-refractivity contribution < 1.29 is 4.79 Å². The number of nitrogens with zero attached hydrogens (tertiary/aromatic N) is 2. The van der Waals surface area contributed by atoms with Crippen molar-refractivity contribution in [1.29, 1.82) is 0 Å². The van der Waals surface area contributed by atoms with Crippen molar-refractivity contribution in [2.24, 2.45) is 0 Å². The Labute approximate surface area is 144 Å². The molecule has 0 bridgehead atoms. The molecule has 2 heterocycles. The summed E-state index contributed by atoms with van der Waals surface area (Å²) in [5.41, 5.74) is 2.72. The van der Waals surface area contributed by atoms with Gasteiger partial charge in [-0.15, -0.1) is 22.7 Å². The Morgan fingerprint density at radius 1 is 1.27 bits per heavy atom. The average molecular weight is 394 g/mol. The molecule has 0 spiro atoms. The fraction of sp³-hybridized carbons (Fsp3) is 0.133. The molecule has 0 unspecified atom stereocenters. The standard InChI is InChI=1S/C15H12BrN3OS2/c1-9-7-22-15(17-9)19-13(20)6-12-8-21-14(18-12)10-3-2-4-11(16)5-10/h2-5,7-8H,6H2,1H3,(H,17,19,20). The number of benzene rings is 1. The van der Waals surface area contributed by atoms with Gasteiger partial charge in [-0.25, -0.2) is 9.97 Å². The Bertz CT molecular complexity index is 812. The van der Waals surface area contributed by atoms with Gasteiger partial charge in [0.2, 0.25) is 5.91 Å². The zero-order valence-electron chi connectivity index (χ0n) is 11.7. The predicted octanol–water partition coefficient (Wildman–Crippen LogP) is 4.52. The first-order valence-electron chi connectivity index (χ1n) is 6.52. The summed E-state index contributed by atoms with van der Waals surface area (Å²) >= 11 is 6.42. The minimum Gasteiger partial charge on any atom is -0.302 e. The molecule has 0 aliphatic rings. The first-order chi connectivity index (χ1) is 10.6. The molecule has 0 aliphatic heterocycles. The van der Waals surface area contributed by atoms with E-state index in [0.29, 0.717) is 5.13 Å². The molecular weight excluding hydrogens is 382 g/mol. The number of anilines is 1. The summed E-state index contributed by atoms with van der Waals surface area (Å²) in [4.78, 5) is 20.8. The van der Waals surface area contributed by atoms with E-state index in [1.807, 2.05) is 41.9 Å². The van der Waals surface area contributed by atoms with Gasteiger partial charge in [0.25, 0.3) is 0 Å². The van der Waals surface area contributed by atoms with Gasteiger partial charge in [-0.1, -0.05) is 28.1 Å². The van der Waals surface area contributed by atoms with E-state index in [0.717, 1.165) is 26.4 Å². The summed E-state index contributed by atoms with van der Waals surface area (Å²) in [5, 5.41) is 8.16. The quantitative estimate of drug-likeness (QED) is 0.708. The molecule has 112 valence electrons. The van der Waals surface area contributed by atoms with Crippen LogP contribution in [0.5, 0.6) is 0 Å². The summed E-state index contributed by atoms with van der Waals surface area (Å²) in [6, 6.07) is 7.96. The lowest BCUT2D eigenvalue weighted by molar-refractivity contribution is -0.115. The second-order valence-corrected chi connectivity index (χ2v) is 7.31. The van der Waals surface area contributed by atoms with Crippen LogP contribution in [-0.2, 0) is 11.2 Å². The maximum atomic E-state index is 12.0. The average Bonchev–Trinajstić information content (AvgIpc) is 3.08. The van der Waals surface area contributed by atoms with Gasteiger partial charge in [-0.3, -0.25) is 4.79 Å². The minimum atomic E-state index is -0.0968. The molecule has 22 heavy (non-hydrogen) atoms. The number of thiazole rings is 2. The lowest BCUT2D eigenvalue weighted by atomic mass is 10.2. The zero-order chi connectivity index (χ0) is 15.5. The molecular formula is C15H12BrN3OS2. The zero-order valence-corrected chi connectivity index (χ0v) is 14.9. The number of hydrogen-bond acceptors (Lipinski definition) is 5. The van der Waals surface area contributed by atoms with Crippen LogP contribution in [0.3, 0.4) is 0 Å². The Morgan fingerprint density at radius 3 is 2.86 bits per heavy atom. The Balaban J connectivity index is 1.67. The van der Waals surface area contributed by atoms with Crippen molar-refractivity contribution in [2.75, 3.05) is 5.32 Å². The lowest BCUT2D eigenvalue weighted by Gasteiger charge is -1.99. The normalized spacial score (nSPS) is 10.6. The second kappa shape index (κ2) is 6.68. The van der Waals surface area contributed by atoms with Crippen LogP contribution >= 0.6 is 38.6 Å². The third-order valence-electron chi connectivity index (χ3n) is 2.83. The SMILES string of the molecule is Cc1csc(NC(=O)Cc2csc(-c3cccc(Br)c3)n2)n1. The van der Waals surface area contributed by atoms with Crippen LogP contribution in [0.2, 0.25) is 0 Å². The number of nitrogens with one attached hydrogen (secondary N) is 1. The minimum absolute atomic E-state index is 0.0968. The molecule has 0 aliphatic carbocycles. The highest BCUT2D eigenvalue weighted by atomic mass is 79.9. The predicted molar refractivity (Wildman–Crippen MR) is 94.4 cm³/mol. The molecule has 1 aromatic carbocycles. The lowest BCUT2D eigenvalue weighted by Crippen LogP contribution is -2.14. The van der Waals surface area contributed by atoms with E-state index in [4.69, 9.17) is 0 Å². The molecule has 0 saturated heterocycles. The van der Waals surface area contributed by atoms with Crippen LogP contribution in [0, 0.1) is 6.92 Å². The Kier molecular flexibility index (Phi) is 4.66. The molecule has 0 radical (unpaired) electrons. The van der Waals surface area contributed by atoms with Crippen LogP contribution in [0.4, 0.5) is 5.13 Å². The summed E-state index contributed by atoms with van der Waals surface area (Å²) in [5.74, 6) is -0.0968. The summed E-state index contributed by atoms with van der Waals surface area (Å²) < 4.78 is 1.01. The number of aromatic nitrogens is 2. The molecule has 0 atom stereocenters. The highest BCUT2D eigenvalue weighted by molar-refractivity contribution is 9.10. The number of carbonyl (C=O) groups excluding carboxylic acids is 1. The van der Waals surface area contributed by atoms with Crippen molar-refractivity contribution in [2.45, 2.75) is 13.3 Å². The Morgan fingerprint density at radius 2 is 2.14 bits per heavy atom. The summed E-state index contributed by atoms with van der Waals surface area (Å²) in [6.07, 6.45) is 0.253. The number of aryl methyl sites for hydroxylation is 1. The number of carbonyl (C=O) groups is 1. The molecule has 0 saturated carbocycles. The van der Waals surface area contributed by atoms with Crippen molar-refractivity contribution in [3.05, 3.63) is 50.9 Å². The summed E-state index contributed by atoms with van der Waals surface area (Å²) in [7, 11) is 0. The molecule has 4 nitrogen and oxygen atoms in total. The highest BCUT2D eigenvalue weighted by Crippen LogP contribution is 2.26. The van der Waals surface area contributed by atoms with Crippen LogP contribution in [0.25, 0.3) is 10.6 Å². The van der Waals surface area contributed by atoms with Crippen LogP contribution in [0.15, 0.2) is 39.5 Å². The largest absolute Gasteiger partial charge is 0.302 e. The second-order valence-electron chi connectivity index (χ2n) is 4.67. The van der Waals surface area contributed by atoms with E-state index in [-0.39, 0.29) is 12.3 Å². The van der Waals surface area contributed by atoms with E-state index in [1.165, 1.54) is 22.7 Å². The topological polar surface area (TPSA) is 54.9 Å². The summed E-state index contributed by atoms with van der Waals surface area (Å²) in [6.45, 7) is 1.90. The molecule has 2 aromatic heterocycles. The van der Waals surface area contributed by atoms with Gasteiger partial charge in [-0.2, -0.15) is 0 Å². The molecule has 3 rings (SSSR count). The van der Waals surface area contributed by atoms with E-state index < -0.39 is 0 Å². The first kappa shape index (κ1) is 15.3. The number of amides is 1. The van der Waals surface area contributed by atoms with Gasteiger partial charge in [0.1, 0.15) is 5.01 Å². The monoisotopic (exact) mass is 393 g/mol. The van der Waals surface area contributed by atoms with Crippen molar-refractivity contribution in [3.8, 4) is 10.6 Å². The molecule has 0 fully saturated rings. The maximum Gasteiger partial charge on any atom is 0.232 e. The van der Waals surface area contributed by atoms with Crippen LogP contribution < -0.4 is 5.32 Å².